The van der Waals surface area contributed by atoms with E-state index in [1.54, 1.807) is 35.3 Å². The second-order valence-corrected chi connectivity index (χ2v) is 12.9. The van der Waals surface area contributed by atoms with Crippen LogP contribution in [-0.2, 0) is 19.6 Å². The molecule has 11 nitrogen and oxygen atoms in total. The fraction of sp³-hybridized carbons (Fsp3) is 0.481. The van der Waals surface area contributed by atoms with E-state index in [9.17, 15) is 26.8 Å². The Morgan fingerprint density at radius 1 is 1.10 bits per heavy atom. The molecular weight excluding hydrogens is 558 g/mol. The summed E-state index contributed by atoms with van der Waals surface area (Å²) >= 11 is 0. The molecule has 1 spiro atoms. The number of ether oxygens (including phenoxy) is 1. The number of hydrogen-bond acceptors (Lipinski definition) is 8. The molecule has 3 aliphatic rings. The van der Waals surface area contributed by atoms with Crippen molar-refractivity contribution in [1.82, 2.24) is 19.6 Å². The van der Waals surface area contributed by atoms with Gasteiger partial charge in [0.05, 0.1) is 42.1 Å². The Balaban J connectivity index is 1.31. The van der Waals surface area contributed by atoms with Gasteiger partial charge >= 0.3 is 5.97 Å². The minimum atomic E-state index is -3.98. The standard InChI is InChI=1S/C27H30F2N6O5S/c1-40-25(37)17-41(38,39)32-19-2-4-22(23(12-19)33-10-8-26(6-7-26)9-11-33)34-16-18(15-30-34)21-3-5-24(36)35(31-21)20-13-27(28,29)14-20/h2-5,12,15-16,20,32H,6-11,13-14,17H2,1H3. The monoisotopic (exact) mass is 588 g/mol. The number of sulfonamides is 1. The average Bonchev–Trinajstić information content (AvgIpc) is 3.47. The molecule has 41 heavy (non-hydrogen) atoms. The summed E-state index contributed by atoms with van der Waals surface area (Å²) < 4.78 is 61.6. The molecule has 6 rings (SSSR count). The van der Waals surface area contributed by atoms with E-state index in [1.165, 1.54) is 25.0 Å². The molecule has 1 N–H and O–H groups in total. The molecule has 218 valence electrons. The number of piperidine rings is 1. The first kappa shape index (κ1) is 27.4. The summed E-state index contributed by atoms with van der Waals surface area (Å²) in [5, 5.41) is 8.86. The van der Waals surface area contributed by atoms with Crippen molar-refractivity contribution in [3.8, 4) is 16.9 Å². The number of aromatic nitrogens is 4. The largest absolute Gasteiger partial charge is 0.468 e. The quantitative estimate of drug-likeness (QED) is 0.397. The Labute approximate surface area is 235 Å². The van der Waals surface area contributed by atoms with E-state index in [-0.39, 0.29) is 0 Å². The molecule has 1 saturated heterocycles. The highest BCUT2D eigenvalue weighted by Gasteiger charge is 2.47. The third-order valence-electron chi connectivity index (χ3n) is 8.27. The topological polar surface area (TPSA) is 128 Å². The molecule has 2 saturated carbocycles. The molecule has 14 heteroatoms. The maximum atomic E-state index is 13.4. The zero-order valence-corrected chi connectivity index (χ0v) is 23.2. The first-order valence-corrected chi connectivity index (χ1v) is 15.1. The highest BCUT2D eigenvalue weighted by atomic mass is 32.2. The number of anilines is 2. The number of carbonyl (C=O) groups is 1. The van der Waals surface area contributed by atoms with Gasteiger partial charge in [-0.2, -0.15) is 10.2 Å². The maximum Gasteiger partial charge on any atom is 0.322 e. The Morgan fingerprint density at radius 2 is 1.83 bits per heavy atom. The van der Waals surface area contributed by atoms with E-state index < -0.39 is 52.1 Å². The zero-order chi connectivity index (χ0) is 29.0. The Kier molecular flexibility index (Phi) is 6.63. The average molecular weight is 589 g/mol. The van der Waals surface area contributed by atoms with Gasteiger partial charge in [-0.15, -0.1) is 0 Å². The van der Waals surface area contributed by atoms with E-state index in [1.807, 2.05) is 0 Å². The lowest BCUT2D eigenvalue weighted by Gasteiger charge is -2.35. The molecule has 1 aromatic carbocycles. The van der Waals surface area contributed by atoms with Crippen molar-refractivity contribution < 1.29 is 26.7 Å². The molecule has 3 heterocycles. The summed E-state index contributed by atoms with van der Waals surface area (Å²) in [4.78, 5) is 26.1. The van der Waals surface area contributed by atoms with Crippen molar-refractivity contribution in [2.45, 2.75) is 50.5 Å². The van der Waals surface area contributed by atoms with Gasteiger partial charge in [0.25, 0.3) is 11.5 Å². The highest BCUT2D eigenvalue weighted by molar-refractivity contribution is 7.93. The SMILES string of the molecule is COC(=O)CS(=O)(=O)Nc1ccc(-n2cc(-c3ccc(=O)n(C4CC(F)(F)C4)n3)cn2)c(N2CCC3(CC2)CC3)c1. The summed E-state index contributed by atoms with van der Waals surface area (Å²) in [5.74, 6) is -4.45. The molecular formula is C27H30F2N6O5S. The van der Waals surface area contributed by atoms with E-state index in [4.69, 9.17) is 0 Å². The molecule has 2 aliphatic carbocycles. The van der Waals surface area contributed by atoms with Crippen LogP contribution in [0.3, 0.4) is 0 Å². The number of carbonyl (C=O) groups excluding carboxylic acids is 1. The Morgan fingerprint density at radius 3 is 2.49 bits per heavy atom. The third-order valence-corrected chi connectivity index (χ3v) is 9.43. The molecule has 3 aromatic rings. The summed E-state index contributed by atoms with van der Waals surface area (Å²) in [6.07, 6.45) is 7.03. The van der Waals surface area contributed by atoms with Crippen LogP contribution >= 0.6 is 0 Å². The first-order valence-electron chi connectivity index (χ1n) is 13.4. The number of benzene rings is 1. The molecule has 0 amide bonds. The molecule has 0 unspecified atom stereocenters. The van der Waals surface area contributed by atoms with Crippen LogP contribution in [0.5, 0.6) is 0 Å². The van der Waals surface area contributed by atoms with Crippen LogP contribution in [-0.4, -0.2) is 65.8 Å². The van der Waals surface area contributed by atoms with Gasteiger partial charge in [-0.25, -0.2) is 26.6 Å². The van der Waals surface area contributed by atoms with Gasteiger partial charge in [0.1, 0.15) is 0 Å². The zero-order valence-electron chi connectivity index (χ0n) is 22.4. The molecule has 0 atom stereocenters. The predicted octanol–water partition coefficient (Wildman–Crippen LogP) is 3.36. The molecule has 0 radical (unpaired) electrons. The van der Waals surface area contributed by atoms with Crippen molar-refractivity contribution in [2.24, 2.45) is 5.41 Å². The minimum Gasteiger partial charge on any atom is -0.468 e. The van der Waals surface area contributed by atoms with Crippen molar-refractivity contribution in [2.75, 3.05) is 35.6 Å². The van der Waals surface area contributed by atoms with Gasteiger partial charge in [-0.1, -0.05) is 0 Å². The van der Waals surface area contributed by atoms with E-state index >= 15 is 0 Å². The highest BCUT2D eigenvalue weighted by Crippen LogP contribution is 2.54. The van der Waals surface area contributed by atoms with E-state index in [2.05, 4.69) is 24.6 Å². The normalized spacial score (nSPS) is 19.5. The number of nitrogens with zero attached hydrogens (tertiary/aromatic N) is 5. The van der Waals surface area contributed by atoms with Crippen LogP contribution in [0.1, 0.15) is 44.6 Å². The van der Waals surface area contributed by atoms with Crippen molar-refractivity contribution in [3.63, 3.8) is 0 Å². The molecule has 1 aliphatic heterocycles. The van der Waals surface area contributed by atoms with Gasteiger partial charge in [-0.05, 0) is 55.4 Å². The number of nitrogens with one attached hydrogen (secondary N) is 1. The van der Waals surface area contributed by atoms with Crippen molar-refractivity contribution >= 4 is 27.4 Å². The number of hydrogen-bond donors (Lipinski definition) is 1. The van der Waals surface area contributed by atoms with Crippen LogP contribution in [0.15, 0.2) is 47.5 Å². The van der Waals surface area contributed by atoms with Crippen LogP contribution in [0.2, 0.25) is 0 Å². The van der Waals surface area contributed by atoms with Gasteiger partial charge in [-0.3, -0.25) is 14.3 Å². The maximum absolute atomic E-state index is 13.4. The number of esters is 1. The van der Waals surface area contributed by atoms with Crippen LogP contribution in [0.4, 0.5) is 20.2 Å². The first-order chi connectivity index (χ1) is 19.4. The van der Waals surface area contributed by atoms with Gasteiger partial charge < -0.3 is 9.64 Å². The lowest BCUT2D eigenvalue weighted by atomic mass is 9.88. The summed E-state index contributed by atoms with van der Waals surface area (Å²) in [6.45, 7) is 1.61. The van der Waals surface area contributed by atoms with Crippen LogP contribution < -0.4 is 15.2 Å². The Hall–Kier alpha value is -3.81. The van der Waals surface area contributed by atoms with E-state index in [0.717, 1.165) is 43.4 Å². The molecule has 0 bridgehead atoms. The lowest BCUT2D eigenvalue weighted by Crippen LogP contribution is -2.42. The summed E-state index contributed by atoms with van der Waals surface area (Å²) in [5.41, 5.74) is 2.77. The van der Waals surface area contributed by atoms with Gasteiger partial charge in [0.2, 0.25) is 10.0 Å². The van der Waals surface area contributed by atoms with Gasteiger partial charge in [0.15, 0.2) is 5.75 Å². The summed E-state index contributed by atoms with van der Waals surface area (Å²) in [7, 11) is -2.85. The van der Waals surface area contributed by atoms with Crippen LogP contribution in [0, 0.1) is 5.41 Å². The summed E-state index contributed by atoms with van der Waals surface area (Å²) in [6, 6.07) is 7.27. The molecule has 2 aromatic heterocycles. The lowest BCUT2D eigenvalue weighted by molar-refractivity contribution is -0.137. The number of rotatable bonds is 8. The number of halogens is 2. The fourth-order valence-corrected chi connectivity index (χ4v) is 6.58. The Bertz CT molecular complexity index is 1650. The molecule has 3 fully saturated rings. The van der Waals surface area contributed by atoms with Crippen molar-refractivity contribution in [3.05, 3.63) is 53.1 Å². The van der Waals surface area contributed by atoms with E-state index in [0.29, 0.717) is 28.0 Å². The second kappa shape index (κ2) is 9.93. The predicted molar refractivity (Wildman–Crippen MR) is 147 cm³/mol. The smallest absolute Gasteiger partial charge is 0.322 e. The second-order valence-electron chi connectivity index (χ2n) is 11.2. The fourth-order valence-electron chi connectivity index (χ4n) is 5.59. The minimum absolute atomic E-state index is 0.304. The number of alkyl halides is 2. The number of methoxy groups -OCH3 is 1. The third kappa shape index (κ3) is 5.69. The van der Waals surface area contributed by atoms with Gasteiger partial charge in [0, 0.05) is 43.8 Å². The van der Waals surface area contributed by atoms with Crippen LogP contribution in [0.25, 0.3) is 16.9 Å². The van der Waals surface area contributed by atoms with Crippen molar-refractivity contribution in [1.29, 1.82) is 0 Å².